The Bertz CT molecular complexity index is 606. The number of carbonyl (C=O) groups is 2. The minimum atomic E-state index is -4.82. The molecule has 6 nitrogen and oxygen atoms in total. The number of para-hydroxylation sites is 1. The van der Waals surface area contributed by atoms with Crippen LogP contribution in [0.25, 0.3) is 0 Å². The highest BCUT2D eigenvalue weighted by molar-refractivity contribution is 5.78. The Kier molecular flexibility index (Phi) is 7.22. The fraction of sp³-hybridized carbons (Fsp3) is 0.500. The average molecular weight is 363 g/mol. The molecule has 1 aromatic carbocycles. The Hall–Kier alpha value is -2.29. The zero-order valence-corrected chi connectivity index (χ0v) is 13.9. The number of amides is 1. The number of carbonyl (C=O) groups excluding carboxylic acids is 1. The van der Waals surface area contributed by atoms with Gasteiger partial charge in [0, 0.05) is 13.5 Å². The number of aliphatic carboxylic acids is 1. The smallest absolute Gasteiger partial charge is 0.481 e. The molecule has 0 aliphatic carbocycles. The summed E-state index contributed by atoms with van der Waals surface area (Å²) in [7, 11) is 1.37. The van der Waals surface area contributed by atoms with Crippen molar-refractivity contribution in [2.45, 2.75) is 38.1 Å². The van der Waals surface area contributed by atoms with Crippen LogP contribution in [0.4, 0.5) is 13.2 Å². The predicted molar refractivity (Wildman–Crippen MR) is 82.1 cm³/mol. The van der Waals surface area contributed by atoms with E-state index in [9.17, 15) is 22.8 Å². The maximum Gasteiger partial charge on any atom is 0.573 e. The summed E-state index contributed by atoms with van der Waals surface area (Å²) in [6, 6.07) is 5.53. The van der Waals surface area contributed by atoms with Crippen LogP contribution in [0.15, 0.2) is 24.3 Å². The summed E-state index contributed by atoms with van der Waals surface area (Å²) < 4.78 is 46.0. The lowest BCUT2D eigenvalue weighted by Gasteiger charge is -2.28. The lowest BCUT2D eigenvalue weighted by Crippen LogP contribution is -2.50. The maximum absolute atomic E-state index is 12.4. The van der Waals surface area contributed by atoms with Gasteiger partial charge in [-0.1, -0.05) is 18.2 Å². The van der Waals surface area contributed by atoms with E-state index in [-0.39, 0.29) is 37.2 Å². The van der Waals surface area contributed by atoms with Crippen molar-refractivity contribution in [1.29, 1.82) is 0 Å². The molecule has 0 radical (unpaired) electrons. The van der Waals surface area contributed by atoms with E-state index in [1.807, 2.05) is 0 Å². The van der Waals surface area contributed by atoms with E-state index >= 15 is 0 Å². The van der Waals surface area contributed by atoms with Crippen molar-refractivity contribution in [2.75, 3.05) is 13.7 Å². The highest BCUT2D eigenvalue weighted by Crippen LogP contribution is 2.27. The Morgan fingerprint density at radius 1 is 1.24 bits per heavy atom. The van der Waals surface area contributed by atoms with E-state index < -0.39 is 23.8 Å². The van der Waals surface area contributed by atoms with Crippen molar-refractivity contribution >= 4 is 11.9 Å². The van der Waals surface area contributed by atoms with Gasteiger partial charge in [-0.05, 0) is 25.0 Å². The molecule has 0 aliphatic heterocycles. The molecular weight excluding hydrogens is 343 g/mol. The lowest BCUT2D eigenvalue weighted by atomic mass is 9.98. The molecule has 0 fully saturated rings. The molecule has 1 unspecified atom stereocenters. The van der Waals surface area contributed by atoms with Crippen LogP contribution in [0, 0.1) is 0 Å². The summed E-state index contributed by atoms with van der Waals surface area (Å²) in [5.41, 5.74) is -0.888. The largest absolute Gasteiger partial charge is 0.573 e. The number of hydrogen-bond acceptors (Lipinski definition) is 4. The van der Waals surface area contributed by atoms with E-state index in [4.69, 9.17) is 9.84 Å². The zero-order chi connectivity index (χ0) is 19.1. The highest BCUT2D eigenvalue weighted by atomic mass is 19.4. The number of ether oxygens (including phenoxy) is 2. The summed E-state index contributed by atoms with van der Waals surface area (Å²) >= 11 is 0. The second-order valence-corrected chi connectivity index (χ2v) is 5.77. The third-order valence-electron chi connectivity index (χ3n) is 3.27. The first-order valence-electron chi connectivity index (χ1n) is 7.40. The first-order valence-corrected chi connectivity index (χ1v) is 7.40. The van der Waals surface area contributed by atoms with Gasteiger partial charge >= 0.3 is 12.3 Å². The number of methoxy groups -OCH3 is 1. The number of rotatable bonds is 9. The van der Waals surface area contributed by atoms with Crippen LogP contribution < -0.4 is 10.1 Å². The van der Waals surface area contributed by atoms with Crippen molar-refractivity contribution < 1.29 is 37.3 Å². The van der Waals surface area contributed by atoms with Gasteiger partial charge in [0.2, 0.25) is 5.91 Å². The van der Waals surface area contributed by atoms with Crippen LogP contribution >= 0.6 is 0 Å². The molecule has 0 aliphatic rings. The van der Waals surface area contributed by atoms with Crippen LogP contribution in [0.1, 0.15) is 25.3 Å². The number of carboxylic acid groups (broad SMARTS) is 1. The Morgan fingerprint density at radius 3 is 2.44 bits per heavy atom. The van der Waals surface area contributed by atoms with Crippen LogP contribution in [-0.4, -0.2) is 42.6 Å². The molecule has 140 valence electrons. The number of hydrogen-bond donors (Lipinski definition) is 2. The van der Waals surface area contributed by atoms with Crippen LogP contribution in [0.3, 0.4) is 0 Å². The molecule has 9 heteroatoms. The number of aryl methyl sites for hydroxylation is 1. The fourth-order valence-electron chi connectivity index (χ4n) is 2.37. The van der Waals surface area contributed by atoms with Gasteiger partial charge in [-0.3, -0.25) is 9.59 Å². The normalized spacial score (nSPS) is 13.8. The molecule has 1 aromatic rings. The Labute approximate surface area is 142 Å². The SMILES string of the molecule is COCC(C)(CC(=O)O)NC(=O)CCc1ccccc1OC(F)(F)F. The Balaban J connectivity index is 2.71. The predicted octanol–water partition coefficient (Wildman–Crippen LogP) is 2.51. The van der Waals surface area contributed by atoms with Crippen LogP contribution in [-0.2, 0) is 20.7 Å². The molecule has 0 saturated heterocycles. The molecule has 1 rings (SSSR count). The first-order chi connectivity index (χ1) is 11.5. The topological polar surface area (TPSA) is 84.9 Å². The van der Waals surface area contributed by atoms with Gasteiger partial charge in [-0.25, -0.2) is 0 Å². The van der Waals surface area contributed by atoms with Crippen molar-refractivity contribution in [3.05, 3.63) is 29.8 Å². The number of alkyl halides is 3. The summed E-state index contributed by atoms with van der Waals surface area (Å²) in [4.78, 5) is 23.0. The van der Waals surface area contributed by atoms with Gasteiger partial charge in [0.25, 0.3) is 0 Å². The van der Waals surface area contributed by atoms with E-state index in [0.717, 1.165) is 0 Å². The molecule has 25 heavy (non-hydrogen) atoms. The van der Waals surface area contributed by atoms with E-state index in [0.29, 0.717) is 0 Å². The van der Waals surface area contributed by atoms with Gasteiger partial charge in [0.15, 0.2) is 0 Å². The van der Waals surface area contributed by atoms with Crippen LogP contribution in [0.5, 0.6) is 5.75 Å². The van der Waals surface area contributed by atoms with Crippen molar-refractivity contribution in [3.8, 4) is 5.75 Å². The average Bonchev–Trinajstić information content (AvgIpc) is 2.43. The summed E-state index contributed by atoms with van der Waals surface area (Å²) in [6.45, 7) is 1.50. The van der Waals surface area contributed by atoms with E-state index in [1.165, 1.54) is 38.3 Å². The van der Waals surface area contributed by atoms with Gasteiger partial charge in [0.05, 0.1) is 18.6 Å². The molecule has 0 heterocycles. The van der Waals surface area contributed by atoms with E-state index in [1.54, 1.807) is 0 Å². The number of benzene rings is 1. The zero-order valence-electron chi connectivity index (χ0n) is 13.9. The Morgan fingerprint density at radius 2 is 1.88 bits per heavy atom. The minimum Gasteiger partial charge on any atom is -0.481 e. The van der Waals surface area contributed by atoms with Gasteiger partial charge < -0.3 is 19.9 Å². The molecule has 1 amide bonds. The van der Waals surface area contributed by atoms with Crippen molar-refractivity contribution in [1.82, 2.24) is 5.32 Å². The number of carboxylic acids is 1. The third-order valence-corrected chi connectivity index (χ3v) is 3.27. The molecule has 0 bridgehead atoms. The minimum absolute atomic E-state index is 0.00815. The first kappa shape index (κ1) is 20.8. The second kappa shape index (κ2) is 8.70. The molecule has 0 saturated carbocycles. The van der Waals surface area contributed by atoms with Gasteiger partial charge in [-0.2, -0.15) is 0 Å². The molecule has 2 N–H and O–H groups in total. The molecule has 0 spiro atoms. The number of nitrogens with one attached hydrogen (secondary N) is 1. The van der Waals surface area contributed by atoms with Crippen molar-refractivity contribution in [2.24, 2.45) is 0 Å². The molecule has 0 aromatic heterocycles. The lowest BCUT2D eigenvalue weighted by molar-refractivity contribution is -0.274. The quantitative estimate of drug-likeness (QED) is 0.704. The standard InChI is InChI=1S/C16H20F3NO5/c1-15(10-24-2,9-14(22)23)20-13(21)8-7-11-5-3-4-6-12(11)25-16(17,18)19/h3-6H,7-10H2,1-2H3,(H,20,21)(H,22,23). The van der Waals surface area contributed by atoms with Crippen LogP contribution in [0.2, 0.25) is 0 Å². The van der Waals surface area contributed by atoms with E-state index in [2.05, 4.69) is 10.1 Å². The molecule has 1 atom stereocenters. The van der Waals surface area contributed by atoms with Gasteiger partial charge in [-0.15, -0.1) is 13.2 Å². The summed E-state index contributed by atoms with van der Waals surface area (Å²) in [6.07, 6.45) is -5.29. The fourth-order valence-corrected chi connectivity index (χ4v) is 2.37. The van der Waals surface area contributed by atoms with Crippen molar-refractivity contribution in [3.63, 3.8) is 0 Å². The maximum atomic E-state index is 12.4. The summed E-state index contributed by atoms with van der Waals surface area (Å²) in [5, 5.41) is 11.5. The third kappa shape index (κ3) is 7.88. The van der Waals surface area contributed by atoms with Gasteiger partial charge in [0.1, 0.15) is 5.75 Å². The number of halogens is 3. The molecular formula is C16H20F3NO5. The summed E-state index contributed by atoms with van der Waals surface area (Å²) in [5.74, 6) is -1.97. The second-order valence-electron chi connectivity index (χ2n) is 5.77. The monoisotopic (exact) mass is 363 g/mol. The highest BCUT2D eigenvalue weighted by Gasteiger charge is 2.32.